The van der Waals surface area contributed by atoms with Gasteiger partial charge in [0.05, 0.1) is 14.2 Å². The van der Waals surface area contributed by atoms with Gasteiger partial charge in [0.2, 0.25) is 0 Å². The van der Waals surface area contributed by atoms with Crippen molar-refractivity contribution in [3.63, 3.8) is 0 Å². The van der Waals surface area contributed by atoms with Crippen molar-refractivity contribution in [1.82, 2.24) is 5.32 Å². The van der Waals surface area contributed by atoms with E-state index in [9.17, 15) is 0 Å². The van der Waals surface area contributed by atoms with Crippen LogP contribution in [0.25, 0.3) is 11.1 Å². The Morgan fingerprint density at radius 2 is 1.86 bits per heavy atom. The predicted octanol–water partition coefficient (Wildman–Crippen LogP) is 4.30. The highest BCUT2D eigenvalue weighted by atomic mass is 35.5. The average Bonchev–Trinajstić information content (AvgIpc) is 2.52. The first-order valence-electron chi connectivity index (χ1n) is 6.79. The number of rotatable bonds is 5. The van der Waals surface area contributed by atoms with E-state index in [1.807, 2.05) is 37.4 Å². The third kappa shape index (κ3) is 3.31. The zero-order valence-electron chi connectivity index (χ0n) is 12.7. The number of hydrogen-bond acceptors (Lipinski definition) is 3. The fraction of sp³-hybridized carbons (Fsp3) is 0.294. The summed E-state index contributed by atoms with van der Waals surface area (Å²) in [5, 5.41) is 3.93. The Balaban J connectivity index is 2.66. The standard InChI is InChI=1S/C17H20ClNO2/c1-11(19-2)13-9-15(12-6-5-7-14(18)8-12)17(21-4)16(10-13)20-3/h5-11,19H,1-4H3. The van der Waals surface area contributed by atoms with Crippen molar-refractivity contribution in [3.8, 4) is 22.6 Å². The molecule has 1 N–H and O–H groups in total. The van der Waals surface area contributed by atoms with Crippen molar-refractivity contribution < 1.29 is 9.47 Å². The lowest BCUT2D eigenvalue weighted by Crippen LogP contribution is -2.12. The highest BCUT2D eigenvalue weighted by Crippen LogP contribution is 2.41. The van der Waals surface area contributed by atoms with Crippen molar-refractivity contribution >= 4 is 11.6 Å². The number of halogens is 1. The Hall–Kier alpha value is -1.71. The SMILES string of the molecule is CNC(C)c1cc(OC)c(OC)c(-c2cccc(Cl)c2)c1. The lowest BCUT2D eigenvalue weighted by molar-refractivity contribution is 0.355. The van der Waals surface area contributed by atoms with Crippen LogP contribution in [0.3, 0.4) is 0 Å². The summed E-state index contributed by atoms with van der Waals surface area (Å²) < 4.78 is 11.0. The van der Waals surface area contributed by atoms with Gasteiger partial charge in [-0.25, -0.2) is 0 Å². The van der Waals surface area contributed by atoms with Crippen molar-refractivity contribution in [2.45, 2.75) is 13.0 Å². The van der Waals surface area contributed by atoms with Crippen LogP contribution in [0.5, 0.6) is 11.5 Å². The van der Waals surface area contributed by atoms with Crippen LogP contribution in [0.15, 0.2) is 36.4 Å². The minimum Gasteiger partial charge on any atom is -0.493 e. The maximum atomic E-state index is 6.11. The van der Waals surface area contributed by atoms with Crippen molar-refractivity contribution in [1.29, 1.82) is 0 Å². The first kappa shape index (κ1) is 15.7. The monoisotopic (exact) mass is 305 g/mol. The molecule has 0 fully saturated rings. The first-order valence-corrected chi connectivity index (χ1v) is 7.17. The predicted molar refractivity (Wildman–Crippen MR) is 87.5 cm³/mol. The minimum absolute atomic E-state index is 0.211. The molecule has 0 saturated heterocycles. The fourth-order valence-corrected chi connectivity index (χ4v) is 2.46. The van der Waals surface area contributed by atoms with Gasteiger partial charge in [-0.15, -0.1) is 0 Å². The maximum Gasteiger partial charge on any atom is 0.168 e. The quantitative estimate of drug-likeness (QED) is 0.893. The van der Waals surface area contributed by atoms with Crippen LogP contribution in [-0.2, 0) is 0 Å². The summed E-state index contributed by atoms with van der Waals surface area (Å²) in [6.45, 7) is 2.10. The minimum atomic E-state index is 0.211. The molecule has 0 heterocycles. The number of ether oxygens (including phenoxy) is 2. The highest BCUT2D eigenvalue weighted by molar-refractivity contribution is 6.30. The van der Waals surface area contributed by atoms with Gasteiger partial charge in [0.25, 0.3) is 0 Å². The Labute approximate surface area is 130 Å². The van der Waals surface area contributed by atoms with E-state index in [1.54, 1.807) is 14.2 Å². The molecule has 0 saturated carbocycles. The summed E-state index contributed by atoms with van der Waals surface area (Å²) in [5.41, 5.74) is 3.10. The summed E-state index contributed by atoms with van der Waals surface area (Å²) in [6.07, 6.45) is 0. The molecule has 2 rings (SSSR count). The number of hydrogen-bond donors (Lipinski definition) is 1. The largest absolute Gasteiger partial charge is 0.493 e. The van der Waals surface area contributed by atoms with Gasteiger partial charge in [0.15, 0.2) is 11.5 Å². The van der Waals surface area contributed by atoms with Crippen LogP contribution in [0.1, 0.15) is 18.5 Å². The van der Waals surface area contributed by atoms with E-state index >= 15 is 0 Å². The Morgan fingerprint density at radius 1 is 1.10 bits per heavy atom. The van der Waals surface area contributed by atoms with Crippen molar-refractivity contribution in [2.24, 2.45) is 0 Å². The van der Waals surface area contributed by atoms with Crippen LogP contribution in [0.4, 0.5) is 0 Å². The molecule has 0 radical (unpaired) electrons. The van der Waals surface area contributed by atoms with Crippen molar-refractivity contribution in [3.05, 3.63) is 47.0 Å². The molecule has 0 aromatic heterocycles. The second-order valence-electron chi connectivity index (χ2n) is 4.82. The van der Waals surface area contributed by atoms with Gasteiger partial charge in [-0.2, -0.15) is 0 Å². The van der Waals surface area contributed by atoms with Gasteiger partial charge >= 0.3 is 0 Å². The molecule has 4 heteroatoms. The van der Waals surface area contributed by atoms with Gasteiger partial charge in [-0.05, 0) is 49.4 Å². The normalized spacial score (nSPS) is 12.0. The molecular formula is C17H20ClNO2. The van der Waals surface area contributed by atoms with E-state index in [2.05, 4.69) is 18.3 Å². The lowest BCUT2D eigenvalue weighted by atomic mass is 9.98. The van der Waals surface area contributed by atoms with Crippen LogP contribution in [0, 0.1) is 0 Å². The molecule has 0 aliphatic carbocycles. The van der Waals surface area contributed by atoms with E-state index in [1.165, 1.54) is 0 Å². The molecule has 0 amide bonds. The van der Waals surface area contributed by atoms with Gasteiger partial charge < -0.3 is 14.8 Å². The Kier molecular flexibility index (Phi) is 5.10. The number of benzene rings is 2. The maximum absolute atomic E-state index is 6.11. The van der Waals surface area contributed by atoms with Gasteiger partial charge in [-0.1, -0.05) is 23.7 Å². The topological polar surface area (TPSA) is 30.5 Å². The number of nitrogens with one attached hydrogen (secondary N) is 1. The van der Waals surface area contributed by atoms with Crippen LogP contribution < -0.4 is 14.8 Å². The summed E-state index contributed by atoms with van der Waals surface area (Å²) in [4.78, 5) is 0. The molecule has 0 spiro atoms. The summed E-state index contributed by atoms with van der Waals surface area (Å²) in [5.74, 6) is 1.43. The molecule has 2 aromatic rings. The molecule has 3 nitrogen and oxygen atoms in total. The smallest absolute Gasteiger partial charge is 0.168 e. The van der Waals surface area contributed by atoms with Crippen LogP contribution in [-0.4, -0.2) is 21.3 Å². The Bertz CT molecular complexity index is 628. The summed E-state index contributed by atoms with van der Waals surface area (Å²) >= 11 is 6.11. The van der Waals surface area contributed by atoms with E-state index in [0.717, 1.165) is 16.7 Å². The molecule has 0 aliphatic rings. The molecular weight excluding hydrogens is 286 g/mol. The Morgan fingerprint density at radius 3 is 2.43 bits per heavy atom. The number of methoxy groups -OCH3 is 2. The van der Waals surface area contributed by atoms with E-state index in [0.29, 0.717) is 16.5 Å². The first-order chi connectivity index (χ1) is 10.1. The second kappa shape index (κ2) is 6.83. The molecule has 21 heavy (non-hydrogen) atoms. The van der Waals surface area contributed by atoms with Crippen LogP contribution in [0.2, 0.25) is 5.02 Å². The van der Waals surface area contributed by atoms with E-state index in [-0.39, 0.29) is 6.04 Å². The summed E-state index contributed by atoms with van der Waals surface area (Å²) in [7, 11) is 5.22. The third-order valence-corrected chi connectivity index (χ3v) is 3.80. The molecule has 1 unspecified atom stereocenters. The third-order valence-electron chi connectivity index (χ3n) is 3.57. The van der Waals surface area contributed by atoms with E-state index in [4.69, 9.17) is 21.1 Å². The fourth-order valence-electron chi connectivity index (χ4n) is 2.27. The van der Waals surface area contributed by atoms with Crippen molar-refractivity contribution in [2.75, 3.05) is 21.3 Å². The van der Waals surface area contributed by atoms with Gasteiger partial charge in [0, 0.05) is 16.6 Å². The van der Waals surface area contributed by atoms with Gasteiger partial charge in [-0.3, -0.25) is 0 Å². The lowest BCUT2D eigenvalue weighted by Gasteiger charge is -2.18. The summed E-state index contributed by atoms with van der Waals surface area (Å²) in [6, 6.07) is 12.0. The molecule has 1 atom stereocenters. The second-order valence-corrected chi connectivity index (χ2v) is 5.26. The zero-order valence-corrected chi connectivity index (χ0v) is 13.5. The molecule has 112 valence electrons. The zero-order chi connectivity index (χ0) is 15.4. The average molecular weight is 306 g/mol. The molecule has 0 aliphatic heterocycles. The molecule has 0 bridgehead atoms. The van der Waals surface area contributed by atoms with Gasteiger partial charge in [0.1, 0.15) is 0 Å². The molecule has 2 aromatic carbocycles. The highest BCUT2D eigenvalue weighted by Gasteiger charge is 2.16. The van der Waals surface area contributed by atoms with Crippen LogP contribution >= 0.6 is 11.6 Å². The van der Waals surface area contributed by atoms with E-state index < -0.39 is 0 Å².